The molecule has 0 aromatic carbocycles. The second kappa shape index (κ2) is 14.5. The third-order valence-corrected chi connectivity index (χ3v) is 6.63. The molecule has 0 bridgehead atoms. The molecular weight excluding hydrogens is 507 g/mol. The van der Waals surface area contributed by atoms with Crippen molar-refractivity contribution in [2.24, 2.45) is 4.99 Å². The van der Waals surface area contributed by atoms with Crippen molar-refractivity contribution in [3.8, 4) is 0 Å². The molecule has 1 amide bonds. The van der Waals surface area contributed by atoms with Gasteiger partial charge in [-0.3, -0.25) is 9.69 Å². The van der Waals surface area contributed by atoms with Crippen LogP contribution in [0.5, 0.6) is 0 Å². The summed E-state index contributed by atoms with van der Waals surface area (Å²) in [4.78, 5) is 23.3. The average molecular weight is 551 g/mol. The van der Waals surface area contributed by atoms with Gasteiger partial charge in [0.05, 0.1) is 13.2 Å². The van der Waals surface area contributed by atoms with Crippen LogP contribution in [0.25, 0.3) is 0 Å². The number of ether oxygens (including phenoxy) is 1. The quantitative estimate of drug-likeness (QED) is 0.206. The van der Waals surface area contributed by atoms with Gasteiger partial charge >= 0.3 is 0 Å². The van der Waals surface area contributed by atoms with Gasteiger partial charge in [-0.05, 0) is 38.6 Å². The van der Waals surface area contributed by atoms with Crippen molar-refractivity contribution >= 4 is 35.8 Å². The Balaban J connectivity index is 0.00000341. The molecule has 0 unspecified atom stereocenters. The van der Waals surface area contributed by atoms with E-state index >= 15 is 0 Å². The first-order valence-electron chi connectivity index (χ1n) is 11.9. The van der Waals surface area contributed by atoms with Crippen molar-refractivity contribution < 1.29 is 9.53 Å². The number of hydrogen-bond acceptors (Lipinski definition) is 5. The summed E-state index contributed by atoms with van der Waals surface area (Å²) in [5.41, 5.74) is 0. The molecule has 0 aromatic rings. The number of guanidine groups is 1. The lowest BCUT2D eigenvalue weighted by Crippen LogP contribution is -2.50. The van der Waals surface area contributed by atoms with Gasteiger partial charge in [0.1, 0.15) is 6.54 Å². The smallest absolute Gasteiger partial charge is 0.243 e. The summed E-state index contributed by atoms with van der Waals surface area (Å²) >= 11 is 0. The first-order chi connectivity index (χ1) is 14.6. The minimum absolute atomic E-state index is 0. The Kier molecular flexibility index (Phi) is 12.4. The Morgan fingerprint density at radius 1 is 1.06 bits per heavy atom. The van der Waals surface area contributed by atoms with Crippen LogP contribution in [0, 0.1) is 0 Å². The number of nitrogens with zero attached hydrogens (tertiary/aromatic N) is 4. The largest absolute Gasteiger partial charge is 0.379 e. The van der Waals surface area contributed by atoms with Gasteiger partial charge in [0, 0.05) is 58.9 Å². The number of hydrogen-bond donors (Lipinski definition) is 2. The van der Waals surface area contributed by atoms with Crippen molar-refractivity contribution in [3.05, 3.63) is 0 Å². The van der Waals surface area contributed by atoms with Gasteiger partial charge in [-0.2, -0.15) is 0 Å². The maximum Gasteiger partial charge on any atom is 0.243 e. The van der Waals surface area contributed by atoms with Gasteiger partial charge < -0.3 is 25.2 Å². The molecule has 31 heavy (non-hydrogen) atoms. The highest BCUT2D eigenvalue weighted by molar-refractivity contribution is 14.0. The number of halogens is 1. The zero-order valence-electron chi connectivity index (χ0n) is 19.5. The molecule has 9 heteroatoms. The van der Waals surface area contributed by atoms with Crippen LogP contribution in [0.4, 0.5) is 0 Å². The Labute approximate surface area is 205 Å². The molecule has 1 saturated carbocycles. The van der Waals surface area contributed by atoms with E-state index < -0.39 is 0 Å². The maximum atomic E-state index is 12.0. The highest BCUT2D eigenvalue weighted by Gasteiger charge is 2.27. The number of piperidine rings is 1. The molecule has 2 N–H and O–H groups in total. The minimum atomic E-state index is 0. The first kappa shape index (κ1) is 26.6. The van der Waals surface area contributed by atoms with E-state index in [1.165, 1.54) is 38.8 Å². The van der Waals surface area contributed by atoms with Gasteiger partial charge in [0.25, 0.3) is 0 Å². The lowest BCUT2D eigenvalue weighted by molar-refractivity contribution is -0.127. The van der Waals surface area contributed by atoms with Gasteiger partial charge in [-0.15, -0.1) is 24.0 Å². The van der Waals surface area contributed by atoms with Crippen LogP contribution in [0.2, 0.25) is 0 Å². The second-order valence-corrected chi connectivity index (χ2v) is 9.08. The van der Waals surface area contributed by atoms with Gasteiger partial charge in [0.15, 0.2) is 5.96 Å². The van der Waals surface area contributed by atoms with E-state index in [1.807, 2.05) is 0 Å². The Bertz CT molecular complexity index is 542. The molecule has 2 saturated heterocycles. The summed E-state index contributed by atoms with van der Waals surface area (Å²) in [6, 6.07) is 1.25. The standard InChI is InChI=1S/C22H42N6O2.HI/c1-26(2)21(29)18-24-22(23-10-5-11-27-14-16-30-17-15-27)25-19-8-12-28(13-9-19)20-6-3-4-7-20;/h19-20H,3-18H2,1-2H3,(H2,23,24,25);1H. The van der Waals surface area contributed by atoms with E-state index in [-0.39, 0.29) is 36.4 Å². The predicted octanol–water partition coefficient (Wildman–Crippen LogP) is 1.36. The van der Waals surface area contributed by atoms with Crippen molar-refractivity contribution in [1.29, 1.82) is 0 Å². The molecule has 0 aromatic heterocycles. The molecule has 0 atom stereocenters. The number of carbonyl (C=O) groups excluding carboxylic acids is 1. The fraction of sp³-hybridized carbons (Fsp3) is 0.909. The summed E-state index contributed by atoms with van der Waals surface area (Å²) in [7, 11) is 3.55. The van der Waals surface area contributed by atoms with Crippen molar-refractivity contribution in [1.82, 2.24) is 25.3 Å². The van der Waals surface area contributed by atoms with Crippen LogP contribution in [-0.4, -0.2) is 112 Å². The lowest BCUT2D eigenvalue weighted by Gasteiger charge is -2.36. The average Bonchev–Trinajstić information content (AvgIpc) is 3.30. The van der Waals surface area contributed by atoms with E-state index in [0.717, 1.165) is 70.7 Å². The zero-order valence-corrected chi connectivity index (χ0v) is 21.8. The summed E-state index contributed by atoms with van der Waals surface area (Å²) in [5, 5.41) is 7.07. The number of morpholine rings is 1. The number of aliphatic imine (C=N–C) groups is 1. The normalized spacial score (nSPS) is 22.2. The summed E-state index contributed by atoms with van der Waals surface area (Å²) < 4.78 is 5.42. The predicted molar refractivity (Wildman–Crippen MR) is 136 cm³/mol. The zero-order chi connectivity index (χ0) is 21.2. The van der Waals surface area contributed by atoms with Crippen molar-refractivity contribution in [3.63, 3.8) is 0 Å². The molecule has 2 aliphatic heterocycles. The van der Waals surface area contributed by atoms with Crippen LogP contribution in [-0.2, 0) is 9.53 Å². The van der Waals surface area contributed by atoms with Crippen molar-refractivity contribution in [2.45, 2.75) is 57.0 Å². The monoisotopic (exact) mass is 550 g/mol. The Morgan fingerprint density at radius 2 is 1.74 bits per heavy atom. The number of likely N-dealkylation sites (N-methyl/N-ethyl adjacent to an activating group) is 1. The summed E-state index contributed by atoms with van der Waals surface area (Å²) in [6.07, 6.45) is 8.90. The molecule has 180 valence electrons. The van der Waals surface area contributed by atoms with Crippen molar-refractivity contribution in [2.75, 3.05) is 73.1 Å². The van der Waals surface area contributed by atoms with Crippen LogP contribution >= 0.6 is 24.0 Å². The second-order valence-electron chi connectivity index (χ2n) is 9.08. The highest BCUT2D eigenvalue weighted by Crippen LogP contribution is 2.26. The van der Waals surface area contributed by atoms with E-state index in [2.05, 4.69) is 25.4 Å². The Morgan fingerprint density at radius 3 is 2.39 bits per heavy atom. The molecule has 0 spiro atoms. The third kappa shape index (κ3) is 9.39. The fourth-order valence-electron chi connectivity index (χ4n) is 4.65. The molecular formula is C22H43IN6O2. The molecule has 8 nitrogen and oxygen atoms in total. The van der Waals surface area contributed by atoms with E-state index in [4.69, 9.17) is 4.74 Å². The number of rotatable bonds is 8. The summed E-state index contributed by atoms with van der Waals surface area (Å²) in [5.74, 6) is 0.812. The van der Waals surface area contributed by atoms with E-state index in [0.29, 0.717) is 6.04 Å². The van der Waals surface area contributed by atoms with Gasteiger partial charge in [0.2, 0.25) is 5.91 Å². The number of amides is 1. The molecule has 1 aliphatic carbocycles. The highest BCUT2D eigenvalue weighted by atomic mass is 127. The van der Waals surface area contributed by atoms with Crippen LogP contribution in [0.15, 0.2) is 4.99 Å². The third-order valence-electron chi connectivity index (χ3n) is 6.63. The SMILES string of the molecule is CN(C)C(=O)CN=C(NCCCN1CCOCC1)NC1CCN(C2CCCC2)CC1.I. The molecule has 3 aliphatic rings. The van der Waals surface area contributed by atoms with Crippen LogP contribution < -0.4 is 10.6 Å². The van der Waals surface area contributed by atoms with E-state index in [1.54, 1.807) is 19.0 Å². The molecule has 3 rings (SSSR count). The van der Waals surface area contributed by atoms with Gasteiger partial charge in [-0.25, -0.2) is 4.99 Å². The first-order valence-corrected chi connectivity index (χ1v) is 11.9. The van der Waals surface area contributed by atoms with Crippen LogP contribution in [0.3, 0.4) is 0 Å². The van der Waals surface area contributed by atoms with E-state index in [9.17, 15) is 4.79 Å². The Hall–Kier alpha value is -0.650. The fourth-order valence-corrected chi connectivity index (χ4v) is 4.65. The number of carbonyl (C=O) groups is 1. The molecule has 2 heterocycles. The topological polar surface area (TPSA) is 72.4 Å². The lowest BCUT2D eigenvalue weighted by atomic mass is 10.0. The van der Waals surface area contributed by atoms with Crippen LogP contribution in [0.1, 0.15) is 44.9 Å². The minimum Gasteiger partial charge on any atom is -0.379 e. The maximum absolute atomic E-state index is 12.0. The number of nitrogens with one attached hydrogen (secondary N) is 2. The number of likely N-dealkylation sites (tertiary alicyclic amines) is 1. The molecule has 0 radical (unpaired) electrons. The summed E-state index contributed by atoms with van der Waals surface area (Å²) in [6.45, 7) is 8.19. The molecule has 3 fully saturated rings. The van der Waals surface area contributed by atoms with Gasteiger partial charge in [-0.1, -0.05) is 12.8 Å².